The fraction of sp³-hybridized carbons (Fsp3) is 0.500. The number of amides is 1. The lowest BCUT2D eigenvalue weighted by atomic mass is 10.4. The number of nitrogens with one attached hydrogen (secondary N) is 1. The fourth-order valence-electron chi connectivity index (χ4n) is 1.38. The highest BCUT2D eigenvalue weighted by Crippen LogP contribution is 1.98. The zero-order chi connectivity index (χ0) is 13.4. The minimum Gasteiger partial charge on any atom is -0.468 e. The predicted octanol–water partition coefficient (Wildman–Crippen LogP) is 0.391. The highest BCUT2D eigenvalue weighted by Gasteiger charge is 2.13. The van der Waals surface area contributed by atoms with Gasteiger partial charge in [0.1, 0.15) is 5.76 Å². The zero-order valence-electron chi connectivity index (χ0n) is 10.6. The van der Waals surface area contributed by atoms with Gasteiger partial charge >= 0.3 is 5.97 Å². The number of hydrogen-bond donors (Lipinski definition) is 1. The van der Waals surface area contributed by atoms with Crippen molar-refractivity contribution >= 4 is 11.9 Å². The van der Waals surface area contributed by atoms with Crippen LogP contribution in [0, 0.1) is 0 Å². The Morgan fingerprint density at radius 2 is 2.22 bits per heavy atom. The Morgan fingerprint density at radius 1 is 1.44 bits per heavy atom. The molecule has 0 aliphatic rings. The molecule has 0 spiro atoms. The van der Waals surface area contributed by atoms with Gasteiger partial charge in [-0.15, -0.1) is 0 Å². The van der Waals surface area contributed by atoms with E-state index >= 15 is 0 Å². The van der Waals surface area contributed by atoms with Crippen molar-refractivity contribution < 1.29 is 18.7 Å². The van der Waals surface area contributed by atoms with Crippen molar-refractivity contribution in [2.45, 2.75) is 13.5 Å². The van der Waals surface area contributed by atoms with Gasteiger partial charge in [-0.1, -0.05) is 6.92 Å². The standard InChI is InChI=1S/C12H18N2O4/c1-3-14(9-12(16)17-2)8-11(15)13-7-10-5-4-6-18-10/h4-6H,3,7-9H2,1-2H3,(H,13,15). The van der Waals surface area contributed by atoms with Crippen LogP contribution in [0.1, 0.15) is 12.7 Å². The molecule has 1 amide bonds. The number of rotatable bonds is 7. The Balaban J connectivity index is 2.30. The minimum atomic E-state index is -0.351. The van der Waals surface area contributed by atoms with Crippen LogP contribution in [-0.4, -0.2) is 43.5 Å². The molecule has 6 heteroatoms. The van der Waals surface area contributed by atoms with Crippen LogP contribution in [0.25, 0.3) is 0 Å². The summed E-state index contributed by atoms with van der Waals surface area (Å²) in [5.74, 6) is 0.187. The number of furan rings is 1. The van der Waals surface area contributed by atoms with E-state index in [1.165, 1.54) is 7.11 Å². The van der Waals surface area contributed by atoms with Gasteiger partial charge in [-0.25, -0.2) is 0 Å². The van der Waals surface area contributed by atoms with Gasteiger partial charge in [0.2, 0.25) is 5.91 Å². The quantitative estimate of drug-likeness (QED) is 0.713. The van der Waals surface area contributed by atoms with Crippen LogP contribution in [0.4, 0.5) is 0 Å². The molecule has 1 aromatic rings. The third kappa shape index (κ3) is 5.01. The summed E-state index contributed by atoms with van der Waals surface area (Å²) in [5.41, 5.74) is 0. The summed E-state index contributed by atoms with van der Waals surface area (Å²) in [6, 6.07) is 3.55. The Hall–Kier alpha value is -1.82. The molecule has 0 aromatic carbocycles. The van der Waals surface area contributed by atoms with Gasteiger partial charge in [-0.05, 0) is 18.7 Å². The maximum atomic E-state index is 11.6. The summed E-state index contributed by atoms with van der Waals surface area (Å²) in [5, 5.41) is 2.71. The average molecular weight is 254 g/mol. The maximum Gasteiger partial charge on any atom is 0.319 e. The zero-order valence-corrected chi connectivity index (χ0v) is 10.6. The molecule has 0 aliphatic heterocycles. The van der Waals surface area contributed by atoms with E-state index < -0.39 is 0 Å². The molecule has 1 rings (SSSR count). The van der Waals surface area contributed by atoms with Crippen molar-refractivity contribution in [3.05, 3.63) is 24.2 Å². The average Bonchev–Trinajstić information content (AvgIpc) is 2.88. The number of esters is 1. The van der Waals surface area contributed by atoms with E-state index in [9.17, 15) is 9.59 Å². The molecule has 0 fully saturated rings. The topological polar surface area (TPSA) is 71.8 Å². The molecule has 0 unspecified atom stereocenters. The highest BCUT2D eigenvalue weighted by molar-refractivity contribution is 5.79. The molecule has 6 nitrogen and oxygen atoms in total. The Bertz CT molecular complexity index is 375. The lowest BCUT2D eigenvalue weighted by Crippen LogP contribution is -2.39. The number of carbonyl (C=O) groups excluding carboxylic acids is 2. The second-order valence-electron chi connectivity index (χ2n) is 3.74. The van der Waals surface area contributed by atoms with Crippen molar-refractivity contribution in [3.8, 4) is 0 Å². The number of likely N-dealkylation sites (N-methyl/N-ethyl adjacent to an activating group) is 1. The molecular formula is C12H18N2O4. The summed E-state index contributed by atoms with van der Waals surface area (Å²) in [7, 11) is 1.33. The summed E-state index contributed by atoms with van der Waals surface area (Å²) in [4.78, 5) is 24.4. The minimum absolute atomic E-state index is 0.112. The molecule has 1 aromatic heterocycles. The van der Waals surface area contributed by atoms with Crippen molar-refractivity contribution in [1.82, 2.24) is 10.2 Å². The van der Waals surface area contributed by atoms with Crippen LogP contribution < -0.4 is 5.32 Å². The molecule has 0 atom stereocenters. The molecule has 0 saturated carbocycles. The lowest BCUT2D eigenvalue weighted by molar-refractivity contribution is -0.142. The fourth-order valence-corrected chi connectivity index (χ4v) is 1.38. The second-order valence-corrected chi connectivity index (χ2v) is 3.74. The first-order chi connectivity index (χ1) is 8.65. The predicted molar refractivity (Wildman–Crippen MR) is 64.7 cm³/mol. The SMILES string of the molecule is CCN(CC(=O)NCc1ccco1)CC(=O)OC. The first kappa shape index (κ1) is 14.2. The van der Waals surface area contributed by atoms with Crippen molar-refractivity contribution in [2.75, 3.05) is 26.7 Å². The first-order valence-electron chi connectivity index (χ1n) is 5.74. The van der Waals surface area contributed by atoms with Gasteiger partial charge in [0.15, 0.2) is 0 Å². The summed E-state index contributed by atoms with van der Waals surface area (Å²) in [6.07, 6.45) is 1.55. The number of hydrogen-bond acceptors (Lipinski definition) is 5. The van der Waals surface area contributed by atoms with E-state index in [1.807, 2.05) is 6.92 Å². The van der Waals surface area contributed by atoms with Crippen LogP contribution in [-0.2, 0) is 20.9 Å². The van der Waals surface area contributed by atoms with Gasteiger partial charge in [0, 0.05) is 0 Å². The smallest absolute Gasteiger partial charge is 0.319 e. The third-order valence-corrected chi connectivity index (χ3v) is 2.43. The first-order valence-corrected chi connectivity index (χ1v) is 5.74. The number of nitrogens with zero attached hydrogens (tertiary/aromatic N) is 1. The molecule has 100 valence electrons. The lowest BCUT2D eigenvalue weighted by Gasteiger charge is -2.17. The number of carbonyl (C=O) groups is 2. The van der Waals surface area contributed by atoms with Crippen molar-refractivity contribution in [1.29, 1.82) is 0 Å². The normalized spacial score (nSPS) is 10.4. The molecule has 0 bridgehead atoms. The Kier molecular flexibility index (Phi) is 5.93. The third-order valence-electron chi connectivity index (χ3n) is 2.43. The summed E-state index contributed by atoms with van der Waals surface area (Å²) in [6.45, 7) is 3.10. The van der Waals surface area contributed by atoms with Crippen LogP contribution in [0.3, 0.4) is 0 Å². The molecule has 1 N–H and O–H groups in total. The van der Waals surface area contributed by atoms with E-state index in [4.69, 9.17) is 4.42 Å². The van der Waals surface area contributed by atoms with E-state index in [0.29, 0.717) is 18.8 Å². The van der Waals surface area contributed by atoms with E-state index in [2.05, 4.69) is 10.1 Å². The van der Waals surface area contributed by atoms with Gasteiger partial charge in [-0.3, -0.25) is 14.5 Å². The molecule has 1 heterocycles. The molecule has 0 radical (unpaired) electrons. The van der Waals surface area contributed by atoms with Crippen LogP contribution in [0.15, 0.2) is 22.8 Å². The molecule has 0 aliphatic carbocycles. The molecule has 18 heavy (non-hydrogen) atoms. The van der Waals surface area contributed by atoms with Crippen LogP contribution in [0.5, 0.6) is 0 Å². The van der Waals surface area contributed by atoms with Gasteiger partial charge < -0.3 is 14.5 Å². The van der Waals surface area contributed by atoms with Gasteiger partial charge in [-0.2, -0.15) is 0 Å². The van der Waals surface area contributed by atoms with E-state index in [0.717, 1.165) is 0 Å². The second kappa shape index (κ2) is 7.50. The Labute approximate surface area is 106 Å². The van der Waals surface area contributed by atoms with Crippen molar-refractivity contribution in [2.24, 2.45) is 0 Å². The monoisotopic (exact) mass is 254 g/mol. The van der Waals surface area contributed by atoms with E-state index in [1.54, 1.807) is 23.3 Å². The van der Waals surface area contributed by atoms with Crippen LogP contribution in [0.2, 0.25) is 0 Å². The number of methoxy groups -OCH3 is 1. The summed E-state index contributed by atoms with van der Waals surface area (Å²) < 4.78 is 9.65. The highest BCUT2D eigenvalue weighted by atomic mass is 16.5. The largest absolute Gasteiger partial charge is 0.468 e. The van der Waals surface area contributed by atoms with Crippen molar-refractivity contribution in [3.63, 3.8) is 0 Å². The summed E-state index contributed by atoms with van der Waals surface area (Å²) >= 11 is 0. The van der Waals surface area contributed by atoms with E-state index in [-0.39, 0.29) is 25.0 Å². The molecular weight excluding hydrogens is 236 g/mol. The Morgan fingerprint density at radius 3 is 2.78 bits per heavy atom. The van der Waals surface area contributed by atoms with Crippen LogP contribution >= 0.6 is 0 Å². The van der Waals surface area contributed by atoms with Gasteiger partial charge in [0.05, 0.1) is 33.0 Å². The number of ether oxygens (including phenoxy) is 1. The maximum absolute atomic E-state index is 11.6. The molecule has 0 saturated heterocycles. The van der Waals surface area contributed by atoms with Gasteiger partial charge in [0.25, 0.3) is 0 Å².